The molecule has 1 saturated carbocycles. The summed E-state index contributed by atoms with van der Waals surface area (Å²) >= 11 is 0. The minimum Gasteiger partial charge on any atom is -0.488 e. The molecule has 4 rings (SSSR count). The Morgan fingerprint density at radius 2 is 1.96 bits per heavy atom. The zero-order chi connectivity index (χ0) is 18.1. The van der Waals surface area contributed by atoms with Gasteiger partial charge in [-0.2, -0.15) is 0 Å². The highest BCUT2D eigenvalue weighted by molar-refractivity contribution is 6.00. The van der Waals surface area contributed by atoms with Crippen molar-refractivity contribution in [3.63, 3.8) is 0 Å². The van der Waals surface area contributed by atoms with E-state index in [0.717, 1.165) is 34.4 Å². The first-order chi connectivity index (χ1) is 12.6. The first-order valence-corrected chi connectivity index (χ1v) is 9.27. The summed E-state index contributed by atoms with van der Waals surface area (Å²) in [6, 6.07) is 13.7. The van der Waals surface area contributed by atoms with Crippen molar-refractivity contribution in [1.29, 1.82) is 0 Å². The van der Waals surface area contributed by atoms with Crippen molar-refractivity contribution >= 4 is 11.7 Å². The number of ether oxygens (including phenoxy) is 1. The molecular weight excluding hydrogens is 326 g/mol. The monoisotopic (exact) mass is 349 g/mol. The van der Waals surface area contributed by atoms with E-state index in [2.05, 4.69) is 11.4 Å². The standard InChI is InChI=1S/C22H23NO3/c1-14(24)19-4-2-3-5-20(19)16-8-9-21-17(11-16)12-18(26-21)13-23-22(25)10-15-6-7-15/h2-5,8-9,11,15,18H,6-7,10,12-13H2,1H3,(H,23,25). The molecule has 1 fully saturated rings. The highest BCUT2D eigenvalue weighted by Gasteiger charge is 2.27. The maximum absolute atomic E-state index is 11.9. The van der Waals surface area contributed by atoms with Crippen LogP contribution in [-0.4, -0.2) is 24.3 Å². The maximum atomic E-state index is 11.9. The van der Waals surface area contributed by atoms with E-state index in [-0.39, 0.29) is 17.8 Å². The van der Waals surface area contributed by atoms with Gasteiger partial charge in [-0.05, 0) is 54.5 Å². The van der Waals surface area contributed by atoms with Crippen LogP contribution in [0.5, 0.6) is 5.75 Å². The van der Waals surface area contributed by atoms with Crippen LogP contribution in [0, 0.1) is 5.92 Å². The van der Waals surface area contributed by atoms with Gasteiger partial charge in [0.25, 0.3) is 0 Å². The normalized spacial score (nSPS) is 18.1. The Kier molecular flexibility index (Phi) is 4.49. The van der Waals surface area contributed by atoms with Crippen LogP contribution in [-0.2, 0) is 11.2 Å². The number of benzene rings is 2. The summed E-state index contributed by atoms with van der Waals surface area (Å²) in [5.74, 6) is 1.66. The molecule has 0 saturated heterocycles. The van der Waals surface area contributed by atoms with Gasteiger partial charge >= 0.3 is 0 Å². The third-order valence-corrected chi connectivity index (χ3v) is 5.12. The summed E-state index contributed by atoms with van der Waals surface area (Å²) < 4.78 is 5.96. The molecule has 0 radical (unpaired) electrons. The fourth-order valence-corrected chi connectivity index (χ4v) is 3.53. The molecule has 1 heterocycles. The second-order valence-corrected chi connectivity index (χ2v) is 7.32. The van der Waals surface area contributed by atoms with Crippen LogP contribution in [0.2, 0.25) is 0 Å². The number of hydrogen-bond donors (Lipinski definition) is 1. The molecular formula is C22H23NO3. The highest BCUT2D eigenvalue weighted by atomic mass is 16.5. The Hall–Kier alpha value is -2.62. The van der Waals surface area contributed by atoms with Gasteiger partial charge in [0.2, 0.25) is 5.91 Å². The van der Waals surface area contributed by atoms with E-state index in [1.54, 1.807) is 6.92 Å². The van der Waals surface area contributed by atoms with Gasteiger partial charge in [-0.3, -0.25) is 9.59 Å². The molecule has 2 aliphatic rings. The van der Waals surface area contributed by atoms with Crippen molar-refractivity contribution in [2.75, 3.05) is 6.54 Å². The second-order valence-electron chi connectivity index (χ2n) is 7.32. The molecule has 2 aromatic rings. The van der Waals surface area contributed by atoms with Crippen molar-refractivity contribution < 1.29 is 14.3 Å². The van der Waals surface area contributed by atoms with E-state index in [4.69, 9.17) is 4.74 Å². The van der Waals surface area contributed by atoms with Gasteiger partial charge in [0.15, 0.2) is 5.78 Å². The predicted octanol–water partition coefficient (Wildman–Crippen LogP) is 3.78. The number of nitrogens with one attached hydrogen (secondary N) is 1. The fraction of sp³-hybridized carbons (Fsp3) is 0.364. The molecule has 0 spiro atoms. The predicted molar refractivity (Wildman–Crippen MR) is 100 cm³/mol. The third-order valence-electron chi connectivity index (χ3n) is 5.12. The lowest BCUT2D eigenvalue weighted by Gasteiger charge is -2.11. The number of ketones is 1. The van der Waals surface area contributed by atoms with Crippen molar-refractivity contribution in [3.8, 4) is 16.9 Å². The highest BCUT2D eigenvalue weighted by Crippen LogP contribution is 2.34. The molecule has 2 aromatic carbocycles. The molecule has 134 valence electrons. The Balaban J connectivity index is 1.45. The average molecular weight is 349 g/mol. The van der Waals surface area contributed by atoms with Gasteiger partial charge in [-0.15, -0.1) is 0 Å². The van der Waals surface area contributed by atoms with E-state index in [1.165, 1.54) is 12.8 Å². The molecule has 4 nitrogen and oxygen atoms in total. The molecule has 0 bridgehead atoms. The van der Waals surface area contributed by atoms with Gasteiger partial charge in [-0.1, -0.05) is 30.3 Å². The van der Waals surface area contributed by atoms with Gasteiger partial charge in [0.1, 0.15) is 11.9 Å². The first kappa shape index (κ1) is 16.8. The topological polar surface area (TPSA) is 55.4 Å². The van der Waals surface area contributed by atoms with Crippen LogP contribution in [0.4, 0.5) is 0 Å². The zero-order valence-electron chi connectivity index (χ0n) is 15.0. The molecule has 1 N–H and O–H groups in total. The van der Waals surface area contributed by atoms with Crippen LogP contribution >= 0.6 is 0 Å². The summed E-state index contributed by atoms with van der Waals surface area (Å²) in [6.07, 6.45) is 3.76. The van der Waals surface area contributed by atoms with Crippen LogP contribution in [0.15, 0.2) is 42.5 Å². The van der Waals surface area contributed by atoms with Gasteiger partial charge < -0.3 is 10.1 Å². The molecule has 1 amide bonds. The molecule has 1 aliphatic heterocycles. The zero-order valence-corrected chi connectivity index (χ0v) is 15.0. The first-order valence-electron chi connectivity index (χ1n) is 9.27. The number of rotatable bonds is 6. The van der Waals surface area contributed by atoms with Crippen LogP contribution in [0.3, 0.4) is 0 Å². The lowest BCUT2D eigenvalue weighted by molar-refractivity contribution is -0.121. The molecule has 1 atom stereocenters. The second kappa shape index (κ2) is 6.94. The van der Waals surface area contributed by atoms with E-state index < -0.39 is 0 Å². The minimum absolute atomic E-state index is 0.0218. The number of Topliss-reactive ketones (excluding diaryl/α,β-unsaturated/α-hetero) is 1. The average Bonchev–Trinajstić information content (AvgIpc) is 3.35. The van der Waals surface area contributed by atoms with Gasteiger partial charge in [-0.25, -0.2) is 0 Å². The van der Waals surface area contributed by atoms with Crippen molar-refractivity contribution in [2.24, 2.45) is 5.92 Å². The molecule has 1 unspecified atom stereocenters. The van der Waals surface area contributed by atoms with E-state index in [0.29, 0.717) is 18.9 Å². The molecule has 0 aromatic heterocycles. The number of carbonyl (C=O) groups is 2. The Morgan fingerprint density at radius 3 is 2.73 bits per heavy atom. The van der Waals surface area contributed by atoms with Gasteiger partial charge in [0.05, 0.1) is 6.54 Å². The number of hydrogen-bond acceptors (Lipinski definition) is 3. The van der Waals surface area contributed by atoms with E-state index >= 15 is 0 Å². The van der Waals surface area contributed by atoms with Crippen LogP contribution < -0.4 is 10.1 Å². The number of fused-ring (bicyclic) bond motifs is 1. The fourth-order valence-electron chi connectivity index (χ4n) is 3.53. The Bertz CT molecular complexity index is 854. The quantitative estimate of drug-likeness (QED) is 0.808. The third kappa shape index (κ3) is 3.64. The number of carbonyl (C=O) groups excluding carboxylic acids is 2. The number of amides is 1. The molecule has 4 heteroatoms. The van der Waals surface area contributed by atoms with E-state index in [1.807, 2.05) is 36.4 Å². The lowest BCUT2D eigenvalue weighted by Crippen LogP contribution is -2.34. The lowest BCUT2D eigenvalue weighted by atomic mass is 9.95. The summed E-state index contributed by atoms with van der Waals surface area (Å²) in [6.45, 7) is 2.13. The summed E-state index contributed by atoms with van der Waals surface area (Å²) in [4.78, 5) is 23.8. The van der Waals surface area contributed by atoms with Crippen molar-refractivity contribution in [3.05, 3.63) is 53.6 Å². The molecule has 26 heavy (non-hydrogen) atoms. The smallest absolute Gasteiger partial charge is 0.220 e. The maximum Gasteiger partial charge on any atom is 0.220 e. The Morgan fingerprint density at radius 1 is 1.15 bits per heavy atom. The van der Waals surface area contributed by atoms with Gasteiger partial charge in [0, 0.05) is 18.4 Å². The minimum atomic E-state index is -0.0218. The summed E-state index contributed by atoms with van der Waals surface area (Å²) in [5, 5.41) is 2.99. The Labute approximate surface area is 153 Å². The summed E-state index contributed by atoms with van der Waals surface area (Å²) in [5.41, 5.74) is 3.83. The van der Waals surface area contributed by atoms with Crippen molar-refractivity contribution in [1.82, 2.24) is 5.32 Å². The van der Waals surface area contributed by atoms with Crippen LogP contribution in [0.25, 0.3) is 11.1 Å². The van der Waals surface area contributed by atoms with E-state index in [9.17, 15) is 9.59 Å². The van der Waals surface area contributed by atoms with Crippen molar-refractivity contribution in [2.45, 2.75) is 38.7 Å². The largest absolute Gasteiger partial charge is 0.488 e. The summed E-state index contributed by atoms with van der Waals surface area (Å²) in [7, 11) is 0. The SMILES string of the molecule is CC(=O)c1ccccc1-c1ccc2c(c1)CC(CNC(=O)CC1CC1)O2. The van der Waals surface area contributed by atoms with Crippen LogP contribution in [0.1, 0.15) is 42.1 Å². The molecule has 1 aliphatic carbocycles.